The number of nitriles is 1. The maximum Gasteiger partial charge on any atom is 0.337 e. The van der Waals surface area contributed by atoms with Gasteiger partial charge in [-0.1, -0.05) is 12.1 Å². The smallest absolute Gasteiger partial charge is 0.337 e. The van der Waals surface area contributed by atoms with Gasteiger partial charge in [0.2, 0.25) is 0 Å². The minimum Gasteiger partial charge on any atom is -0.478 e. The van der Waals surface area contributed by atoms with Crippen molar-refractivity contribution in [1.82, 2.24) is 4.57 Å². The Hall–Kier alpha value is -2.87. The van der Waals surface area contributed by atoms with E-state index in [0.717, 1.165) is 5.56 Å². The third kappa shape index (κ3) is 2.69. The van der Waals surface area contributed by atoms with Gasteiger partial charge in [-0.2, -0.15) is 5.26 Å². The molecule has 0 aliphatic heterocycles. The molecule has 19 heavy (non-hydrogen) atoms. The molecule has 1 aromatic heterocycles. The predicted molar refractivity (Wildman–Crippen MR) is 68.3 cm³/mol. The topological polar surface area (TPSA) is 83.1 Å². The van der Waals surface area contributed by atoms with Gasteiger partial charge >= 0.3 is 5.97 Å². The fourth-order valence-corrected chi connectivity index (χ4v) is 1.68. The average Bonchev–Trinajstić information content (AvgIpc) is 2.40. The highest BCUT2D eigenvalue weighted by Gasteiger charge is 2.06. The summed E-state index contributed by atoms with van der Waals surface area (Å²) in [5.74, 6) is -1.09. The zero-order valence-corrected chi connectivity index (χ0v) is 9.91. The summed E-state index contributed by atoms with van der Waals surface area (Å²) >= 11 is 0. The molecule has 0 saturated carbocycles. The van der Waals surface area contributed by atoms with Crippen LogP contribution in [-0.4, -0.2) is 15.6 Å². The summed E-state index contributed by atoms with van der Waals surface area (Å²) in [4.78, 5) is 22.6. The van der Waals surface area contributed by atoms with Crippen LogP contribution in [0.25, 0.3) is 5.69 Å². The molecular formula is C14H10N2O3. The van der Waals surface area contributed by atoms with Crippen molar-refractivity contribution < 1.29 is 9.90 Å². The lowest BCUT2D eigenvalue weighted by atomic mass is 10.1. The number of rotatable bonds is 3. The summed E-state index contributed by atoms with van der Waals surface area (Å²) in [6.45, 7) is 0. The monoisotopic (exact) mass is 254 g/mol. The standard InChI is InChI=1S/C14H10N2O3/c15-8-7-10-1-4-12(5-2-10)16-9-11(14(18)19)3-6-13(16)17/h1-6,9H,7H2,(H,18,19). The van der Waals surface area contributed by atoms with Crippen LogP contribution in [0.2, 0.25) is 0 Å². The second-order valence-corrected chi connectivity index (χ2v) is 3.93. The Morgan fingerprint density at radius 1 is 1.21 bits per heavy atom. The Morgan fingerprint density at radius 3 is 2.47 bits per heavy atom. The molecule has 1 N–H and O–H groups in total. The molecule has 0 amide bonds. The van der Waals surface area contributed by atoms with Gasteiger partial charge in [-0.3, -0.25) is 9.36 Å². The molecule has 0 aliphatic rings. The second kappa shape index (κ2) is 5.19. The van der Waals surface area contributed by atoms with E-state index in [9.17, 15) is 9.59 Å². The normalized spacial score (nSPS) is 9.84. The fraction of sp³-hybridized carbons (Fsp3) is 0.0714. The number of nitrogens with zero attached hydrogens (tertiary/aromatic N) is 2. The van der Waals surface area contributed by atoms with Gasteiger partial charge in [0.1, 0.15) is 0 Å². The minimum atomic E-state index is -1.09. The number of aromatic carboxylic acids is 1. The van der Waals surface area contributed by atoms with Crippen LogP contribution in [0.1, 0.15) is 15.9 Å². The number of carbonyl (C=O) groups is 1. The Bertz CT molecular complexity index is 709. The van der Waals surface area contributed by atoms with Crippen LogP contribution in [0.3, 0.4) is 0 Å². The molecule has 0 aliphatic carbocycles. The summed E-state index contributed by atoms with van der Waals surface area (Å²) in [7, 11) is 0. The van der Waals surface area contributed by atoms with Crippen molar-refractivity contribution in [2.45, 2.75) is 6.42 Å². The zero-order valence-electron chi connectivity index (χ0n) is 9.91. The fourth-order valence-electron chi connectivity index (χ4n) is 1.68. The molecule has 0 atom stereocenters. The first kappa shape index (κ1) is 12.6. The molecule has 1 heterocycles. The van der Waals surface area contributed by atoms with Crippen LogP contribution >= 0.6 is 0 Å². The molecular weight excluding hydrogens is 244 g/mol. The van der Waals surface area contributed by atoms with E-state index in [1.54, 1.807) is 24.3 Å². The molecule has 0 radical (unpaired) electrons. The largest absolute Gasteiger partial charge is 0.478 e. The van der Waals surface area contributed by atoms with Crippen molar-refractivity contribution in [2.75, 3.05) is 0 Å². The highest BCUT2D eigenvalue weighted by atomic mass is 16.4. The summed E-state index contributed by atoms with van der Waals surface area (Å²) in [5.41, 5.74) is 1.14. The molecule has 0 unspecified atom stereocenters. The van der Waals surface area contributed by atoms with Gasteiger partial charge in [0, 0.05) is 18.0 Å². The van der Waals surface area contributed by atoms with Crippen molar-refractivity contribution in [1.29, 1.82) is 5.26 Å². The maximum atomic E-state index is 11.7. The van der Waals surface area contributed by atoms with E-state index in [4.69, 9.17) is 10.4 Å². The average molecular weight is 254 g/mol. The first-order valence-electron chi connectivity index (χ1n) is 5.54. The van der Waals surface area contributed by atoms with Crippen LogP contribution in [-0.2, 0) is 6.42 Å². The summed E-state index contributed by atoms with van der Waals surface area (Å²) in [5, 5.41) is 17.5. The van der Waals surface area contributed by atoms with Gasteiger partial charge < -0.3 is 5.11 Å². The van der Waals surface area contributed by atoms with Gasteiger partial charge in [0.25, 0.3) is 5.56 Å². The second-order valence-electron chi connectivity index (χ2n) is 3.93. The van der Waals surface area contributed by atoms with Gasteiger partial charge in [0.05, 0.1) is 18.1 Å². The number of carboxylic acids is 1. The molecule has 5 nitrogen and oxygen atoms in total. The van der Waals surface area contributed by atoms with E-state index in [-0.39, 0.29) is 11.1 Å². The zero-order chi connectivity index (χ0) is 13.8. The van der Waals surface area contributed by atoms with Crippen LogP contribution in [0.4, 0.5) is 0 Å². The molecule has 2 rings (SSSR count). The Labute approximate surface area is 109 Å². The van der Waals surface area contributed by atoms with Crippen molar-refractivity contribution in [3.63, 3.8) is 0 Å². The number of benzene rings is 1. The van der Waals surface area contributed by atoms with Gasteiger partial charge in [-0.05, 0) is 23.8 Å². The Balaban J connectivity index is 2.46. The number of hydrogen-bond donors (Lipinski definition) is 1. The molecule has 94 valence electrons. The quantitative estimate of drug-likeness (QED) is 0.901. The van der Waals surface area contributed by atoms with Crippen molar-refractivity contribution in [3.8, 4) is 11.8 Å². The van der Waals surface area contributed by atoms with Crippen LogP contribution in [0.5, 0.6) is 0 Å². The molecule has 0 spiro atoms. The van der Waals surface area contributed by atoms with E-state index in [1.165, 1.54) is 22.9 Å². The van der Waals surface area contributed by atoms with Crippen molar-refractivity contribution >= 4 is 5.97 Å². The molecule has 0 saturated heterocycles. The summed E-state index contributed by atoms with van der Waals surface area (Å²) in [6, 6.07) is 11.3. The van der Waals surface area contributed by atoms with E-state index < -0.39 is 5.97 Å². The minimum absolute atomic E-state index is 0.0423. The summed E-state index contributed by atoms with van der Waals surface area (Å²) < 4.78 is 1.26. The van der Waals surface area contributed by atoms with Crippen LogP contribution < -0.4 is 5.56 Å². The van der Waals surface area contributed by atoms with E-state index in [1.807, 2.05) is 6.07 Å². The van der Waals surface area contributed by atoms with E-state index in [0.29, 0.717) is 12.1 Å². The molecule has 2 aromatic rings. The molecule has 1 aromatic carbocycles. The Kier molecular flexibility index (Phi) is 3.44. The maximum absolute atomic E-state index is 11.7. The van der Waals surface area contributed by atoms with Crippen LogP contribution in [0.15, 0.2) is 47.4 Å². The number of carboxylic acid groups (broad SMARTS) is 1. The predicted octanol–water partition coefficient (Wildman–Crippen LogP) is 1.60. The lowest BCUT2D eigenvalue weighted by molar-refractivity contribution is 0.0696. The third-order valence-corrected chi connectivity index (χ3v) is 2.66. The summed E-state index contributed by atoms with van der Waals surface area (Å²) in [6.07, 6.45) is 1.58. The van der Waals surface area contributed by atoms with Crippen molar-refractivity contribution in [2.24, 2.45) is 0 Å². The number of hydrogen-bond acceptors (Lipinski definition) is 3. The van der Waals surface area contributed by atoms with Gasteiger partial charge in [-0.25, -0.2) is 4.79 Å². The lowest BCUT2D eigenvalue weighted by Crippen LogP contribution is -2.18. The van der Waals surface area contributed by atoms with Crippen molar-refractivity contribution in [3.05, 3.63) is 64.1 Å². The Morgan fingerprint density at radius 2 is 1.89 bits per heavy atom. The highest BCUT2D eigenvalue weighted by molar-refractivity contribution is 5.87. The molecule has 5 heteroatoms. The van der Waals surface area contributed by atoms with Crippen LogP contribution in [0, 0.1) is 11.3 Å². The van der Waals surface area contributed by atoms with Gasteiger partial charge in [0.15, 0.2) is 0 Å². The first-order valence-corrected chi connectivity index (χ1v) is 5.54. The highest BCUT2D eigenvalue weighted by Crippen LogP contribution is 2.09. The van der Waals surface area contributed by atoms with Gasteiger partial charge in [-0.15, -0.1) is 0 Å². The number of aromatic nitrogens is 1. The molecule has 0 fully saturated rings. The van der Waals surface area contributed by atoms with E-state index >= 15 is 0 Å². The number of pyridine rings is 1. The SMILES string of the molecule is N#CCc1ccc(-n2cc(C(=O)O)ccc2=O)cc1. The van der Waals surface area contributed by atoms with E-state index in [2.05, 4.69) is 0 Å². The third-order valence-electron chi connectivity index (χ3n) is 2.66. The lowest BCUT2D eigenvalue weighted by Gasteiger charge is -2.07. The molecule has 0 bridgehead atoms. The first-order chi connectivity index (χ1) is 9.11.